The highest BCUT2D eigenvalue weighted by Gasteiger charge is 2.22. The number of hydrogen-bond donors (Lipinski definition) is 0. The van der Waals surface area contributed by atoms with Crippen LogP contribution in [-0.2, 0) is 12.2 Å². The number of fused-ring (bicyclic) bond motifs is 1. The molecule has 3 heterocycles. The molecule has 0 radical (unpaired) electrons. The van der Waals surface area contributed by atoms with E-state index in [2.05, 4.69) is 35.0 Å². The van der Waals surface area contributed by atoms with E-state index in [1.807, 2.05) is 23.1 Å². The Balaban J connectivity index is 1.94. The monoisotopic (exact) mass is 378 g/mol. The molecule has 0 aliphatic carbocycles. The summed E-state index contributed by atoms with van der Waals surface area (Å²) in [5, 5.41) is -0.00123. The molecule has 0 spiro atoms. The Morgan fingerprint density at radius 1 is 1.33 bits per heavy atom. The minimum atomic E-state index is -0.00123. The zero-order valence-electron chi connectivity index (χ0n) is 9.83. The maximum Gasteiger partial charge on any atom is 0.103 e. The second-order valence-electron chi connectivity index (χ2n) is 4.33. The quantitative estimate of drug-likeness (QED) is 0.577. The SMILES string of the molecule is Cc1cc(Br)c(C(Cl)c2cc3c(s2)CCSC3)s1. The van der Waals surface area contributed by atoms with Gasteiger partial charge in [0.25, 0.3) is 0 Å². The first-order valence-electron chi connectivity index (χ1n) is 5.74. The predicted octanol–water partition coefficient (Wildman–Crippen LogP) is 6.00. The van der Waals surface area contributed by atoms with Crippen molar-refractivity contribution in [2.24, 2.45) is 0 Å². The summed E-state index contributed by atoms with van der Waals surface area (Å²) in [6.07, 6.45) is 1.21. The van der Waals surface area contributed by atoms with Gasteiger partial charge in [-0.05, 0) is 52.7 Å². The third-order valence-electron chi connectivity index (χ3n) is 2.96. The summed E-state index contributed by atoms with van der Waals surface area (Å²) in [6, 6.07) is 4.46. The van der Waals surface area contributed by atoms with Crippen molar-refractivity contribution in [2.75, 3.05) is 5.75 Å². The summed E-state index contributed by atoms with van der Waals surface area (Å²) in [4.78, 5) is 5.38. The molecule has 1 unspecified atom stereocenters. The van der Waals surface area contributed by atoms with Gasteiger partial charge < -0.3 is 0 Å². The van der Waals surface area contributed by atoms with Gasteiger partial charge in [-0.25, -0.2) is 0 Å². The average molecular weight is 380 g/mol. The lowest BCUT2D eigenvalue weighted by atomic mass is 10.2. The first-order valence-corrected chi connectivity index (χ1v) is 9.76. The van der Waals surface area contributed by atoms with Crippen LogP contribution in [0.2, 0.25) is 0 Å². The zero-order valence-corrected chi connectivity index (χ0v) is 14.6. The Labute approximate surface area is 133 Å². The van der Waals surface area contributed by atoms with E-state index in [0.717, 1.165) is 10.2 Å². The Morgan fingerprint density at radius 2 is 2.17 bits per heavy atom. The van der Waals surface area contributed by atoms with E-state index in [-0.39, 0.29) is 5.38 Å². The van der Waals surface area contributed by atoms with Crippen LogP contribution in [0.15, 0.2) is 16.6 Å². The van der Waals surface area contributed by atoms with E-state index in [9.17, 15) is 0 Å². The molecule has 5 heteroatoms. The van der Waals surface area contributed by atoms with Crippen molar-refractivity contribution in [3.63, 3.8) is 0 Å². The molecule has 0 amide bonds. The van der Waals surface area contributed by atoms with Crippen molar-refractivity contribution in [3.8, 4) is 0 Å². The average Bonchev–Trinajstić information content (AvgIpc) is 2.91. The van der Waals surface area contributed by atoms with E-state index in [1.54, 1.807) is 16.2 Å². The van der Waals surface area contributed by atoms with Gasteiger partial charge in [-0.3, -0.25) is 0 Å². The lowest BCUT2D eigenvalue weighted by molar-refractivity contribution is 1.13. The molecule has 2 aromatic heterocycles. The molecule has 3 rings (SSSR count). The topological polar surface area (TPSA) is 0 Å². The summed E-state index contributed by atoms with van der Waals surface area (Å²) in [6.45, 7) is 2.12. The summed E-state index contributed by atoms with van der Waals surface area (Å²) in [5.41, 5.74) is 1.50. The van der Waals surface area contributed by atoms with Crippen molar-refractivity contribution in [2.45, 2.75) is 24.5 Å². The van der Waals surface area contributed by atoms with Gasteiger partial charge in [-0.2, -0.15) is 11.8 Å². The van der Waals surface area contributed by atoms with Gasteiger partial charge in [0.05, 0.1) is 0 Å². The van der Waals surface area contributed by atoms with Crippen LogP contribution in [0, 0.1) is 6.92 Å². The first kappa shape index (κ1) is 13.5. The second-order valence-corrected chi connectivity index (χ2v) is 9.18. The predicted molar refractivity (Wildman–Crippen MR) is 88.6 cm³/mol. The highest BCUT2D eigenvalue weighted by Crippen LogP contribution is 2.44. The lowest BCUT2D eigenvalue weighted by Gasteiger charge is -2.08. The minimum absolute atomic E-state index is 0.00123. The molecule has 2 aromatic rings. The summed E-state index contributed by atoms with van der Waals surface area (Å²) in [5.74, 6) is 2.40. The molecule has 0 aromatic carbocycles. The molecule has 1 aliphatic heterocycles. The second kappa shape index (κ2) is 5.49. The standard InChI is InChI=1S/C13H12BrClS3/c1-7-4-9(14)13(17-7)12(15)11-5-8-6-16-3-2-10(8)18-11/h4-5,12H,2-3,6H2,1H3. The molecule has 0 saturated heterocycles. The number of hydrogen-bond acceptors (Lipinski definition) is 3. The van der Waals surface area contributed by atoms with Gasteiger partial charge in [0.2, 0.25) is 0 Å². The number of aryl methyl sites for hydroxylation is 2. The lowest BCUT2D eigenvalue weighted by Crippen LogP contribution is -1.96. The largest absolute Gasteiger partial charge is 0.157 e. The number of rotatable bonds is 2. The smallest absolute Gasteiger partial charge is 0.103 e. The number of halogens is 2. The van der Waals surface area contributed by atoms with Crippen molar-refractivity contribution in [1.82, 2.24) is 0 Å². The number of thioether (sulfide) groups is 1. The summed E-state index contributed by atoms with van der Waals surface area (Å²) in [7, 11) is 0. The summed E-state index contributed by atoms with van der Waals surface area (Å²) >= 11 is 16.0. The van der Waals surface area contributed by atoms with Gasteiger partial charge in [-0.1, -0.05) is 0 Å². The molecule has 18 heavy (non-hydrogen) atoms. The van der Waals surface area contributed by atoms with Crippen LogP contribution in [0.4, 0.5) is 0 Å². The third kappa shape index (κ3) is 2.55. The van der Waals surface area contributed by atoms with Crippen molar-refractivity contribution < 1.29 is 0 Å². The molecule has 0 nitrogen and oxygen atoms in total. The molecule has 0 bridgehead atoms. The Hall–Kier alpha value is 0.520. The van der Waals surface area contributed by atoms with E-state index >= 15 is 0 Å². The zero-order chi connectivity index (χ0) is 12.7. The van der Waals surface area contributed by atoms with E-state index in [1.165, 1.54) is 32.4 Å². The van der Waals surface area contributed by atoms with Crippen LogP contribution < -0.4 is 0 Å². The Morgan fingerprint density at radius 3 is 2.83 bits per heavy atom. The Kier molecular flexibility index (Phi) is 4.12. The van der Waals surface area contributed by atoms with Gasteiger partial charge >= 0.3 is 0 Å². The molecular weight excluding hydrogens is 368 g/mol. The van der Waals surface area contributed by atoms with E-state index < -0.39 is 0 Å². The minimum Gasteiger partial charge on any atom is -0.157 e. The van der Waals surface area contributed by atoms with Crippen LogP contribution in [0.25, 0.3) is 0 Å². The molecule has 0 saturated carbocycles. The van der Waals surface area contributed by atoms with Crippen molar-refractivity contribution >= 4 is 62.0 Å². The highest BCUT2D eigenvalue weighted by molar-refractivity contribution is 9.10. The number of alkyl halides is 1. The normalized spacial score (nSPS) is 16.6. The summed E-state index contributed by atoms with van der Waals surface area (Å²) < 4.78 is 1.14. The molecule has 1 atom stereocenters. The molecule has 96 valence electrons. The van der Waals surface area contributed by atoms with Crippen LogP contribution in [-0.4, -0.2) is 5.75 Å². The van der Waals surface area contributed by atoms with E-state index in [0.29, 0.717) is 0 Å². The van der Waals surface area contributed by atoms with Gasteiger partial charge in [-0.15, -0.1) is 34.3 Å². The van der Waals surface area contributed by atoms with Gasteiger partial charge in [0.15, 0.2) is 0 Å². The van der Waals surface area contributed by atoms with Crippen molar-refractivity contribution in [1.29, 1.82) is 0 Å². The van der Waals surface area contributed by atoms with Crippen molar-refractivity contribution in [3.05, 3.63) is 41.7 Å². The van der Waals surface area contributed by atoms with E-state index in [4.69, 9.17) is 11.6 Å². The fourth-order valence-electron chi connectivity index (χ4n) is 2.10. The third-order valence-corrected chi connectivity index (χ3v) is 8.02. The molecule has 0 N–H and O–H groups in total. The van der Waals surface area contributed by atoms with Gasteiger partial charge in [0.1, 0.15) is 5.38 Å². The van der Waals surface area contributed by atoms with Crippen LogP contribution >= 0.6 is 62.0 Å². The first-order chi connectivity index (χ1) is 8.65. The molecule has 0 fully saturated rings. The van der Waals surface area contributed by atoms with Crippen LogP contribution in [0.3, 0.4) is 0 Å². The fraction of sp³-hybridized carbons (Fsp3) is 0.385. The van der Waals surface area contributed by atoms with Gasteiger partial charge in [0, 0.05) is 29.7 Å². The molecular formula is C13H12BrClS3. The highest BCUT2D eigenvalue weighted by atomic mass is 79.9. The van der Waals surface area contributed by atoms with Crippen LogP contribution in [0.5, 0.6) is 0 Å². The van der Waals surface area contributed by atoms with Crippen LogP contribution in [0.1, 0.15) is 30.4 Å². The Bertz CT molecular complexity index is 549. The molecule has 1 aliphatic rings. The number of thiophene rings is 2. The maximum atomic E-state index is 6.65. The fourth-order valence-corrected chi connectivity index (χ4v) is 6.99. The maximum absolute atomic E-state index is 6.65.